The van der Waals surface area contributed by atoms with Gasteiger partial charge in [-0.3, -0.25) is 4.98 Å². The van der Waals surface area contributed by atoms with E-state index in [0.717, 1.165) is 34.8 Å². The molecule has 2 heterocycles. The Morgan fingerprint density at radius 2 is 1.65 bits per heavy atom. The van der Waals surface area contributed by atoms with E-state index in [1.54, 1.807) is 0 Å². The van der Waals surface area contributed by atoms with Crippen LogP contribution in [0.4, 0.5) is 0 Å². The second-order valence-electron chi connectivity index (χ2n) is 3.83. The Morgan fingerprint density at radius 1 is 1.00 bits per heavy atom. The Bertz CT molecular complexity index is 454. The van der Waals surface area contributed by atoms with Gasteiger partial charge in [0.05, 0.1) is 11.4 Å². The molecule has 17 heavy (non-hydrogen) atoms. The number of rotatable bonds is 4. The molecule has 0 fully saturated rings. The highest BCUT2D eigenvalue weighted by molar-refractivity contribution is 9.10. The van der Waals surface area contributed by atoms with E-state index >= 15 is 0 Å². The van der Waals surface area contributed by atoms with Crippen LogP contribution in [-0.4, -0.2) is 9.97 Å². The number of aryl methyl sites for hydroxylation is 1. The van der Waals surface area contributed by atoms with Crippen LogP contribution in [-0.2, 0) is 13.1 Å². The first-order valence-electron chi connectivity index (χ1n) is 5.49. The zero-order chi connectivity index (χ0) is 12.1. The summed E-state index contributed by atoms with van der Waals surface area (Å²) in [6.45, 7) is 3.50. The predicted molar refractivity (Wildman–Crippen MR) is 71.5 cm³/mol. The molecule has 0 aromatic carbocycles. The molecule has 3 nitrogen and oxygen atoms in total. The average Bonchev–Trinajstić information content (AvgIpc) is 2.29. The molecule has 0 radical (unpaired) electrons. The molecule has 0 unspecified atom stereocenters. The lowest BCUT2D eigenvalue weighted by Gasteiger charge is -2.05. The summed E-state index contributed by atoms with van der Waals surface area (Å²) < 4.78 is 0.866. The van der Waals surface area contributed by atoms with Gasteiger partial charge in [0.1, 0.15) is 4.60 Å². The van der Waals surface area contributed by atoms with Crippen molar-refractivity contribution in [2.24, 2.45) is 0 Å². The van der Waals surface area contributed by atoms with Crippen molar-refractivity contribution in [1.29, 1.82) is 0 Å². The van der Waals surface area contributed by atoms with Crippen LogP contribution in [0.1, 0.15) is 17.1 Å². The molecule has 2 aromatic rings. The molecule has 0 spiro atoms. The molecular weight excluding hydrogens is 278 g/mol. The average molecular weight is 292 g/mol. The number of hydrogen-bond donors (Lipinski definition) is 1. The Hall–Kier alpha value is -1.26. The van der Waals surface area contributed by atoms with Crippen LogP contribution in [0.5, 0.6) is 0 Å². The Kier molecular flexibility index (Phi) is 4.23. The summed E-state index contributed by atoms with van der Waals surface area (Å²) in [6, 6.07) is 12.0. The Balaban J connectivity index is 1.87. The molecule has 4 heteroatoms. The lowest BCUT2D eigenvalue weighted by Crippen LogP contribution is -2.14. The number of pyridine rings is 2. The highest BCUT2D eigenvalue weighted by Crippen LogP contribution is 2.06. The predicted octanol–water partition coefficient (Wildman–Crippen LogP) is 2.84. The van der Waals surface area contributed by atoms with Gasteiger partial charge in [0, 0.05) is 18.8 Å². The van der Waals surface area contributed by atoms with E-state index < -0.39 is 0 Å². The van der Waals surface area contributed by atoms with Gasteiger partial charge in [0.15, 0.2) is 0 Å². The normalized spacial score (nSPS) is 10.5. The molecule has 0 bridgehead atoms. The summed E-state index contributed by atoms with van der Waals surface area (Å²) in [5, 5.41) is 3.33. The fourth-order valence-corrected chi connectivity index (χ4v) is 1.95. The van der Waals surface area contributed by atoms with Crippen LogP contribution in [0.2, 0.25) is 0 Å². The standard InChI is InChI=1S/C13H14BrN3/c1-10-4-2-5-11(16-10)8-15-9-12-6-3-7-13(14)17-12/h2-7,15H,8-9H2,1H3. The molecule has 2 rings (SSSR count). The SMILES string of the molecule is Cc1cccc(CNCc2cccc(Br)n2)n1. The molecule has 0 amide bonds. The summed E-state index contributed by atoms with van der Waals surface area (Å²) in [5.74, 6) is 0. The van der Waals surface area contributed by atoms with Gasteiger partial charge in [-0.25, -0.2) is 4.98 Å². The maximum Gasteiger partial charge on any atom is 0.106 e. The molecule has 0 saturated heterocycles. The molecule has 0 saturated carbocycles. The molecular formula is C13H14BrN3. The van der Waals surface area contributed by atoms with Gasteiger partial charge in [0.25, 0.3) is 0 Å². The van der Waals surface area contributed by atoms with Gasteiger partial charge in [-0.1, -0.05) is 12.1 Å². The van der Waals surface area contributed by atoms with Crippen LogP contribution in [0.15, 0.2) is 41.0 Å². The molecule has 0 aliphatic heterocycles. The van der Waals surface area contributed by atoms with Gasteiger partial charge in [0.2, 0.25) is 0 Å². The number of hydrogen-bond acceptors (Lipinski definition) is 3. The van der Waals surface area contributed by atoms with Crippen LogP contribution in [0.25, 0.3) is 0 Å². The largest absolute Gasteiger partial charge is 0.306 e. The van der Waals surface area contributed by atoms with E-state index in [9.17, 15) is 0 Å². The zero-order valence-corrected chi connectivity index (χ0v) is 11.2. The van der Waals surface area contributed by atoms with Crippen molar-refractivity contribution < 1.29 is 0 Å². The van der Waals surface area contributed by atoms with Crippen molar-refractivity contribution in [1.82, 2.24) is 15.3 Å². The van der Waals surface area contributed by atoms with Crippen molar-refractivity contribution >= 4 is 15.9 Å². The molecule has 0 aliphatic rings. The van der Waals surface area contributed by atoms with Gasteiger partial charge >= 0.3 is 0 Å². The highest BCUT2D eigenvalue weighted by atomic mass is 79.9. The third-order valence-electron chi connectivity index (χ3n) is 2.33. The van der Waals surface area contributed by atoms with Gasteiger partial charge in [-0.15, -0.1) is 0 Å². The second kappa shape index (κ2) is 5.89. The minimum Gasteiger partial charge on any atom is -0.306 e. The Labute approximate surface area is 109 Å². The van der Waals surface area contributed by atoms with Crippen molar-refractivity contribution in [2.45, 2.75) is 20.0 Å². The van der Waals surface area contributed by atoms with E-state index in [-0.39, 0.29) is 0 Å². The van der Waals surface area contributed by atoms with Crippen LogP contribution >= 0.6 is 15.9 Å². The second-order valence-corrected chi connectivity index (χ2v) is 4.64. The van der Waals surface area contributed by atoms with Crippen molar-refractivity contribution in [3.63, 3.8) is 0 Å². The van der Waals surface area contributed by atoms with Crippen LogP contribution in [0, 0.1) is 6.92 Å². The maximum absolute atomic E-state index is 4.43. The topological polar surface area (TPSA) is 37.8 Å². The zero-order valence-electron chi connectivity index (χ0n) is 9.65. The first-order chi connectivity index (χ1) is 8.24. The fourth-order valence-electron chi connectivity index (χ4n) is 1.57. The summed E-state index contributed by atoms with van der Waals surface area (Å²) in [6.07, 6.45) is 0. The smallest absolute Gasteiger partial charge is 0.106 e. The lowest BCUT2D eigenvalue weighted by atomic mass is 10.3. The summed E-state index contributed by atoms with van der Waals surface area (Å²) in [4.78, 5) is 8.79. The van der Waals surface area contributed by atoms with E-state index in [1.165, 1.54) is 0 Å². The Morgan fingerprint density at radius 3 is 2.29 bits per heavy atom. The number of aromatic nitrogens is 2. The number of halogens is 1. The molecule has 2 aromatic heterocycles. The lowest BCUT2D eigenvalue weighted by molar-refractivity contribution is 0.665. The van der Waals surface area contributed by atoms with Crippen molar-refractivity contribution in [3.8, 4) is 0 Å². The summed E-state index contributed by atoms with van der Waals surface area (Å²) in [7, 11) is 0. The van der Waals surface area contributed by atoms with E-state index in [0.29, 0.717) is 0 Å². The van der Waals surface area contributed by atoms with Gasteiger partial charge in [-0.05, 0) is 47.1 Å². The third-order valence-corrected chi connectivity index (χ3v) is 2.77. The number of nitrogens with zero attached hydrogens (tertiary/aromatic N) is 2. The van der Waals surface area contributed by atoms with Gasteiger partial charge < -0.3 is 5.32 Å². The third kappa shape index (κ3) is 3.91. The maximum atomic E-state index is 4.43. The molecule has 1 N–H and O–H groups in total. The molecule has 0 atom stereocenters. The minimum atomic E-state index is 0.745. The quantitative estimate of drug-likeness (QED) is 0.881. The van der Waals surface area contributed by atoms with Crippen molar-refractivity contribution in [3.05, 3.63) is 58.1 Å². The van der Waals surface area contributed by atoms with E-state index in [1.807, 2.05) is 43.3 Å². The monoisotopic (exact) mass is 291 g/mol. The summed E-state index contributed by atoms with van der Waals surface area (Å²) in [5.41, 5.74) is 3.12. The first kappa shape index (κ1) is 12.2. The molecule has 88 valence electrons. The highest BCUT2D eigenvalue weighted by Gasteiger charge is 1.97. The first-order valence-corrected chi connectivity index (χ1v) is 6.28. The van der Waals surface area contributed by atoms with Crippen molar-refractivity contribution in [2.75, 3.05) is 0 Å². The van der Waals surface area contributed by atoms with Crippen LogP contribution in [0.3, 0.4) is 0 Å². The summed E-state index contributed by atoms with van der Waals surface area (Å²) >= 11 is 3.36. The van der Waals surface area contributed by atoms with E-state index in [2.05, 4.69) is 31.2 Å². The van der Waals surface area contributed by atoms with E-state index in [4.69, 9.17) is 0 Å². The molecule has 0 aliphatic carbocycles. The fraction of sp³-hybridized carbons (Fsp3) is 0.231. The van der Waals surface area contributed by atoms with Gasteiger partial charge in [-0.2, -0.15) is 0 Å². The number of nitrogens with one attached hydrogen (secondary N) is 1. The minimum absolute atomic E-state index is 0.745. The van der Waals surface area contributed by atoms with Crippen LogP contribution < -0.4 is 5.32 Å².